The summed E-state index contributed by atoms with van der Waals surface area (Å²) in [4.78, 5) is 18.3. The molecule has 1 unspecified atom stereocenters. The molecule has 0 aliphatic carbocycles. The van der Waals surface area contributed by atoms with Gasteiger partial charge in [0.2, 0.25) is 0 Å². The molecular weight excluding hydrogens is 216 g/mol. The number of oxazole rings is 1. The Morgan fingerprint density at radius 3 is 3.18 bits per heavy atom. The highest BCUT2D eigenvalue weighted by Crippen LogP contribution is 2.21. The van der Waals surface area contributed by atoms with Crippen molar-refractivity contribution in [3.05, 3.63) is 30.2 Å². The third kappa shape index (κ3) is 1.69. The summed E-state index contributed by atoms with van der Waals surface area (Å²) >= 11 is 0. The zero-order valence-corrected chi connectivity index (χ0v) is 9.72. The van der Waals surface area contributed by atoms with Crippen LogP contribution in [0.4, 0.5) is 0 Å². The molecule has 3 rings (SSSR count). The van der Waals surface area contributed by atoms with Crippen molar-refractivity contribution in [2.75, 3.05) is 6.54 Å². The van der Waals surface area contributed by atoms with E-state index >= 15 is 0 Å². The number of carbonyl (C=O) groups excluding carboxylic acids is 1. The van der Waals surface area contributed by atoms with Crippen LogP contribution in [0.5, 0.6) is 0 Å². The second kappa shape index (κ2) is 3.87. The molecule has 0 radical (unpaired) electrons. The predicted molar refractivity (Wildman–Crippen MR) is 63.7 cm³/mol. The van der Waals surface area contributed by atoms with Gasteiger partial charge in [0, 0.05) is 18.2 Å². The first kappa shape index (κ1) is 10.3. The number of carbonyl (C=O) groups is 1. The monoisotopic (exact) mass is 230 g/mol. The average molecular weight is 230 g/mol. The van der Waals surface area contributed by atoms with Crippen LogP contribution in [0.2, 0.25) is 0 Å². The maximum Gasteiger partial charge on any atom is 0.254 e. The number of rotatable bonds is 1. The van der Waals surface area contributed by atoms with Gasteiger partial charge in [-0.15, -0.1) is 0 Å². The van der Waals surface area contributed by atoms with Crippen LogP contribution in [0.3, 0.4) is 0 Å². The van der Waals surface area contributed by atoms with Crippen LogP contribution in [-0.4, -0.2) is 28.4 Å². The lowest BCUT2D eigenvalue weighted by Crippen LogP contribution is -2.33. The summed E-state index contributed by atoms with van der Waals surface area (Å²) in [6, 6.07) is 5.75. The summed E-state index contributed by atoms with van der Waals surface area (Å²) in [5.74, 6) is 0.0971. The fourth-order valence-electron chi connectivity index (χ4n) is 2.39. The van der Waals surface area contributed by atoms with Crippen LogP contribution in [0.1, 0.15) is 30.1 Å². The van der Waals surface area contributed by atoms with Crippen LogP contribution >= 0.6 is 0 Å². The van der Waals surface area contributed by atoms with Gasteiger partial charge in [-0.1, -0.05) is 0 Å². The van der Waals surface area contributed by atoms with E-state index < -0.39 is 0 Å². The quantitative estimate of drug-likeness (QED) is 0.756. The standard InChI is InChI=1S/C13H14N2O2/c1-9-3-2-6-15(9)13(16)10-4-5-12-11(7-10)14-8-17-12/h4-5,7-9H,2-3,6H2,1H3. The molecular formula is C13H14N2O2. The zero-order valence-electron chi connectivity index (χ0n) is 9.72. The lowest BCUT2D eigenvalue weighted by molar-refractivity contribution is 0.0747. The molecule has 1 aromatic carbocycles. The Balaban J connectivity index is 1.94. The molecule has 0 spiro atoms. The molecule has 0 N–H and O–H groups in total. The first-order valence-electron chi connectivity index (χ1n) is 5.90. The fraction of sp³-hybridized carbons (Fsp3) is 0.385. The number of nitrogens with zero attached hydrogens (tertiary/aromatic N) is 2. The SMILES string of the molecule is CC1CCCN1C(=O)c1ccc2ocnc2c1. The number of hydrogen-bond donors (Lipinski definition) is 0. The van der Waals surface area contributed by atoms with Gasteiger partial charge in [-0.05, 0) is 38.0 Å². The Morgan fingerprint density at radius 1 is 1.53 bits per heavy atom. The summed E-state index contributed by atoms with van der Waals surface area (Å²) < 4.78 is 5.16. The van der Waals surface area contributed by atoms with Crippen molar-refractivity contribution in [1.82, 2.24) is 9.88 Å². The van der Waals surface area contributed by atoms with Crippen molar-refractivity contribution in [1.29, 1.82) is 0 Å². The Kier molecular flexibility index (Phi) is 2.35. The lowest BCUT2D eigenvalue weighted by atomic mass is 10.1. The topological polar surface area (TPSA) is 46.3 Å². The van der Waals surface area contributed by atoms with E-state index in [1.165, 1.54) is 6.39 Å². The van der Waals surface area contributed by atoms with Gasteiger partial charge in [-0.2, -0.15) is 0 Å². The van der Waals surface area contributed by atoms with Gasteiger partial charge in [0.05, 0.1) is 0 Å². The van der Waals surface area contributed by atoms with Gasteiger partial charge in [-0.25, -0.2) is 4.98 Å². The van der Waals surface area contributed by atoms with E-state index in [9.17, 15) is 4.79 Å². The number of fused-ring (bicyclic) bond motifs is 1. The van der Waals surface area contributed by atoms with E-state index in [1.807, 2.05) is 4.90 Å². The maximum atomic E-state index is 12.3. The number of hydrogen-bond acceptors (Lipinski definition) is 3. The number of likely N-dealkylation sites (tertiary alicyclic amines) is 1. The van der Waals surface area contributed by atoms with Crippen molar-refractivity contribution in [3.8, 4) is 0 Å². The molecule has 0 saturated carbocycles. The molecule has 1 amide bonds. The normalized spacial score (nSPS) is 20.1. The van der Waals surface area contributed by atoms with Gasteiger partial charge in [0.25, 0.3) is 5.91 Å². The molecule has 1 aliphatic rings. The number of benzene rings is 1. The highest BCUT2D eigenvalue weighted by Gasteiger charge is 2.26. The maximum absolute atomic E-state index is 12.3. The van der Waals surface area contributed by atoms with Crippen molar-refractivity contribution in [2.45, 2.75) is 25.8 Å². The first-order valence-corrected chi connectivity index (χ1v) is 5.90. The average Bonchev–Trinajstić information content (AvgIpc) is 2.95. The van der Waals surface area contributed by atoms with Crippen molar-refractivity contribution < 1.29 is 9.21 Å². The summed E-state index contributed by atoms with van der Waals surface area (Å²) in [5, 5.41) is 0. The van der Waals surface area contributed by atoms with E-state index in [1.54, 1.807) is 18.2 Å². The summed E-state index contributed by atoms with van der Waals surface area (Å²) in [6.07, 6.45) is 3.59. The van der Waals surface area contributed by atoms with Gasteiger partial charge >= 0.3 is 0 Å². The lowest BCUT2D eigenvalue weighted by Gasteiger charge is -2.21. The first-order chi connectivity index (χ1) is 8.25. The minimum atomic E-state index is 0.0971. The Morgan fingerprint density at radius 2 is 2.41 bits per heavy atom. The molecule has 88 valence electrons. The minimum Gasteiger partial charge on any atom is -0.443 e. The van der Waals surface area contributed by atoms with Gasteiger partial charge in [-0.3, -0.25) is 4.79 Å². The van der Waals surface area contributed by atoms with Crippen LogP contribution < -0.4 is 0 Å². The van der Waals surface area contributed by atoms with E-state index in [4.69, 9.17) is 4.42 Å². The van der Waals surface area contributed by atoms with Crippen molar-refractivity contribution in [2.24, 2.45) is 0 Å². The number of aromatic nitrogens is 1. The number of amides is 1. The largest absolute Gasteiger partial charge is 0.443 e. The molecule has 4 heteroatoms. The molecule has 1 saturated heterocycles. The second-order valence-corrected chi connectivity index (χ2v) is 4.52. The van der Waals surface area contributed by atoms with Crippen LogP contribution in [0.25, 0.3) is 11.1 Å². The van der Waals surface area contributed by atoms with Gasteiger partial charge in [0.15, 0.2) is 12.0 Å². The molecule has 17 heavy (non-hydrogen) atoms. The Hall–Kier alpha value is -1.84. The van der Waals surface area contributed by atoms with Gasteiger partial charge < -0.3 is 9.32 Å². The van der Waals surface area contributed by atoms with Gasteiger partial charge in [0.1, 0.15) is 5.52 Å². The van der Waals surface area contributed by atoms with Crippen LogP contribution in [0.15, 0.2) is 29.0 Å². The third-order valence-electron chi connectivity index (χ3n) is 3.39. The molecule has 1 fully saturated rings. The summed E-state index contributed by atoms with van der Waals surface area (Å²) in [7, 11) is 0. The third-order valence-corrected chi connectivity index (χ3v) is 3.39. The second-order valence-electron chi connectivity index (χ2n) is 4.52. The summed E-state index contributed by atoms with van der Waals surface area (Å²) in [6.45, 7) is 2.95. The van der Waals surface area contributed by atoms with E-state index in [0.717, 1.165) is 30.5 Å². The molecule has 1 aromatic heterocycles. The predicted octanol–water partition coefficient (Wildman–Crippen LogP) is 2.45. The molecule has 0 bridgehead atoms. The van der Waals surface area contributed by atoms with Crippen molar-refractivity contribution in [3.63, 3.8) is 0 Å². The van der Waals surface area contributed by atoms with Crippen molar-refractivity contribution >= 4 is 17.0 Å². The fourth-order valence-corrected chi connectivity index (χ4v) is 2.39. The molecule has 1 aliphatic heterocycles. The zero-order chi connectivity index (χ0) is 11.8. The molecule has 2 aromatic rings. The molecule has 2 heterocycles. The van der Waals surface area contributed by atoms with Crippen LogP contribution in [0, 0.1) is 0 Å². The molecule has 1 atom stereocenters. The molecule has 4 nitrogen and oxygen atoms in total. The van der Waals surface area contributed by atoms with E-state index in [2.05, 4.69) is 11.9 Å². The minimum absolute atomic E-state index is 0.0971. The van der Waals surface area contributed by atoms with E-state index in [0.29, 0.717) is 11.6 Å². The Labute approximate surface area is 99.2 Å². The van der Waals surface area contributed by atoms with E-state index in [-0.39, 0.29) is 5.91 Å². The smallest absolute Gasteiger partial charge is 0.254 e. The Bertz CT molecular complexity index is 561. The van der Waals surface area contributed by atoms with Crippen LogP contribution in [-0.2, 0) is 0 Å². The highest BCUT2D eigenvalue weighted by molar-refractivity contribution is 5.97. The highest BCUT2D eigenvalue weighted by atomic mass is 16.3. The summed E-state index contributed by atoms with van der Waals surface area (Å²) in [5.41, 5.74) is 2.15.